The summed E-state index contributed by atoms with van der Waals surface area (Å²) < 4.78 is 0. The molecule has 0 bridgehead atoms. The van der Waals surface area contributed by atoms with Crippen LogP contribution in [0.3, 0.4) is 0 Å². The number of aliphatic hydroxyl groups excluding tert-OH is 1. The maximum absolute atomic E-state index is 11.5. The molecule has 0 unspecified atom stereocenters. The van der Waals surface area contributed by atoms with Crippen LogP contribution in [0, 0.1) is 5.92 Å². The molecular formula is C20H23NO6. The average molecular weight is 373 g/mol. The molecule has 2 N–H and O–H groups in total. The SMILES string of the molecule is CC(C)C(=O)NCCO.O=C(OOC(=O)c1ccccc1)c1ccccc1. The Balaban J connectivity index is 0.000000345. The molecule has 0 saturated heterocycles. The lowest BCUT2D eigenvalue weighted by molar-refractivity contribution is -0.187. The van der Waals surface area contributed by atoms with Crippen molar-refractivity contribution < 1.29 is 29.3 Å². The quantitative estimate of drug-likeness (QED) is 0.616. The smallest absolute Gasteiger partial charge is 0.386 e. The molecule has 0 aliphatic rings. The highest BCUT2D eigenvalue weighted by Crippen LogP contribution is 2.05. The largest absolute Gasteiger partial charge is 0.395 e. The van der Waals surface area contributed by atoms with E-state index in [0.29, 0.717) is 17.7 Å². The highest BCUT2D eigenvalue weighted by molar-refractivity contribution is 5.92. The van der Waals surface area contributed by atoms with Gasteiger partial charge >= 0.3 is 11.9 Å². The second-order valence-electron chi connectivity index (χ2n) is 5.64. The monoisotopic (exact) mass is 373 g/mol. The molecule has 27 heavy (non-hydrogen) atoms. The van der Waals surface area contributed by atoms with E-state index >= 15 is 0 Å². The van der Waals surface area contributed by atoms with Gasteiger partial charge in [-0.3, -0.25) is 4.79 Å². The third kappa shape index (κ3) is 8.64. The second-order valence-corrected chi connectivity index (χ2v) is 5.64. The third-order valence-electron chi connectivity index (χ3n) is 3.15. The summed E-state index contributed by atoms with van der Waals surface area (Å²) in [6.45, 7) is 3.99. The molecule has 0 aliphatic carbocycles. The molecule has 0 radical (unpaired) electrons. The average Bonchev–Trinajstić information content (AvgIpc) is 2.71. The highest BCUT2D eigenvalue weighted by atomic mass is 17.2. The first-order valence-electron chi connectivity index (χ1n) is 8.37. The van der Waals surface area contributed by atoms with E-state index in [-0.39, 0.29) is 18.4 Å². The number of carbonyl (C=O) groups is 3. The van der Waals surface area contributed by atoms with E-state index in [0.717, 1.165) is 0 Å². The second kappa shape index (κ2) is 12.2. The summed E-state index contributed by atoms with van der Waals surface area (Å²) in [5.74, 6) is -1.42. The zero-order valence-corrected chi connectivity index (χ0v) is 15.3. The van der Waals surface area contributed by atoms with Crippen LogP contribution in [-0.2, 0) is 14.6 Å². The molecule has 2 aromatic carbocycles. The van der Waals surface area contributed by atoms with Crippen LogP contribution < -0.4 is 5.32 Å². The topological polar surface area (TPSA) is 102 Å². The Bertz CT molecular complexity index is 664. The summed E-state index contributed by atoms with van der Waals surface area (Å²) in [4.78, 5) is 42.6. The number of rotatable bonds is 5. The van der Waals surface area contributed by atoms with E-state index < -0.39 is 11.9 Å². The van der Waals surface area contributed by atoms with Crippen molar-refractivity contribution in [3.63, 3.8) is 0 Å². The van der Waals surface area contributed by atoms with Crippen molar-refractivity contribution in [3.05, 3.63) is 71.8 Å². The molecule has 0 atom stereocenters. The normalized spacial score (nSPS) is 9.63. The van der Waals surface area contributed by atoms with Crippen molar-refractivity contribution in [2.24, 2.45) is 5.92 Å². The van der Waals surface area contributed by atoms with Crippen LogP contribution in [0.4, 0.5) is 0 Å². The molecule has 0 fully saturated rings. The maximum atomic E-state index is 11.5. The van der Waals surface area contributed by atoms with Gasteiger partial charge in [-0.25, -0.2) is 19.4 Å². The summed E-state index contributed by atoms with van der Waals surface area (Å²) in [6.07, 6.45) is 0. The zero-order valence-electron chi connectivity index (χ0n) is 15.3. The number of amides is 1. The van der Waals surface area contributed by atoms with Crippen LogP contribution in [0.2, 0.25) is 0 Å². The molecule has 144 valence electrons. The van der Waals surface area contributed by atoms with Crippen molar-refractivity contribution in [2.75, 3.05) is 13.2 Å². The van der Waals surface area contributed by atoms with Crippen molar-refractivity contribution in [1.29, 1.82) is 0 Å². The van der Waals surface area contributed by atoms with Gasteiger partial charge in [0.1, 0.15) is 0 Å². The lowest BCUT2D eigenvalue weighted by atomic mass is 10.2. The van der Waals surface area contributed by atoms with E-state index in [1.54, 1.807) is 60.7 Å². The molecule has 7 nitrogen and oxygen atoms in total. The summed E-state index contributed by atoms with van der Waals surface area (Å²) in [6, 6.07) is 16.6. The van der Waals surface area contributed by atoms with Crippen molar-refractivity contribution in [1.82, 2.24) is 5.32 Å². The Morgan fingerprint density at radius 3 is 1.59 bits per heavy atom. The fraction of sp³-hybridized carbons (Fsp3) is 0.250. The van der Waals surface area contributed by atoms with E-state index in [1.807, 2.05) is 13.8 Å². The molecular weight excluding hydrogens is 350 g/mol. The molecule has 7 heteroatoms. The fourth-order valence-corrected chi connectivity index (χ4v) is 1.70. The minimum Gasteiger partial charge on any atom is -0.395 e. The Labute approximate surface area is 157 Å². The predicted molar refractivity (Wildman–Crippen MR) is 98.6 cm³/mol. The van der Waals surface area contributed by atoms with Crippen molar-refractivity contribution in [2.45, 2.75) is 13.8 Å². The Hall–Kier alpha value is -3.19. The van der Waals surface area contributed by atoms with Gasteiger partial charge in [-0.2, -0.15) is 0 Å². The number of aliphatic hydroxyl groups is 1. The Morgan fingerprint density at radius 2 is 1.26 bits per heavy atom. The highest BCUT2D eigenvalue weighted by Gasteiger charge is 2.13. The van der Waals surface area contributed by atoms with Crippen LogP contribution in [0.15, 0.2) is 60.7 Å². The summed E-state index contributed by atoms with van der Waals surface area (Å²) in [5.41, 5.74) is 0.636. The molecule has 0 aliphatic heterocycles. The van der Waals surface area contributed by atoms with Crippen LogP contribution in [0.1, 0.15) is 34.6 Å². The van der Waals surface area contributed by atoms with Gasteiger partial charge in [0.15, 0.2) is 0 Å². The minimum absolute atomic E-state index is 0.0101. The first kappa shape index (κ1) is 21.9. The third-order valence-corrected chi connectivity index (χ3v) is 3.15. The van der Waals surface area contributed by atoms with Gasteiger partial charge in [0, 0.05) is 12.5 Å². The first-order chi connectivity index (χ1) is 13.0. The van der Waals surface area contributed by atoms with E-state index in [2.05, 4.69) is 15.1 Å². The number of hydrogen-bond acceptors (Lipinski definition) is 6. The van der Waals surface area contributed by atoms with Gasteiger partial charge in [-0.15, -0.1) is 0 Å². The Kier molecular flexibility index (Phi) is 9.88. The van der Waals surface area contributed by atoms with Crippen LogP contribution in [-0.4, -0.2) is 36.1 Å². The van der Waals surface area contributed by atoms with Gasteiger partial charge in [-0.1, -0.05) is 50.2 Å². The molecule has 1 amide bonds. The van der Waals surface area contributed by atoms with Gasteiger partial charge in [0.05, 0.1) is 17.7 Å². The van der Waals surface area contributed by atoms with E-state index in [1.165, 1.54) is 0 Å². The molecule has 2 aromatic rings. The molecule has 0 saturated carbocycles. The fourth-order valence-electron chi connectivity index (χ4n) is 1.70. The number of nitrogens with one attached hydrogen (secondary N) is 1. The number of hydrogen-bond donors (Lipinski definition) is 2. The van der Waals surface area contributed by atoms with Gasteiger partial charge < -0.3 is 10.4 Å². The summed E-state index contributed by atoms with van der Waals surface area (Å²) in [7, 11) is 0. The van der Waals surface area contributed by atoms with Crippen LogP contribution >= 0.6 is 0 Å². The molecule has 0 aromatic heterocycles. The first-order valence-corrected chi connectivity index (χ1v) is 8.37. The van der Waals surface area contributed by atoms with E-state index in [9.17, 15) is 14.4 Å². The summed E-state index contributed by atoms with van der Waals surface area (Å²) in [5, 5.41) is 10.8. The zero-order chi connectivity index (χ0) is 20.1. The van der Waals surface area contributed by atoms with Crippen LogP contribution in [0.5, 0.6) is 0 Å². The van der Waals surface area contributed by atoms with Gasteiger partial charge in [0.25, 0.3) is 0 Å². The van der Waals surface area contributed by atoms with Crippen LogP contribution in [0.25, 0.3) is 0 Å². The predicted octanol–water partition coefficient (Wildman–Crippen LogP) is 2.37. The van der Waals surface area contributed by atoms with Gasteiger partial charge in [-0.05, 0) is 24.3 Å². The lowest BCUT2D eigenvalue weighted by Crippen LogP contribution is -2.29. The standard InChI is InChI=1S/C14H10O4.C6H13NO2/c15-13(11-7-3-1-4-8-11)17-18-14(16)12-9-5-2-6-10-12;1-5(2)6(9)7-3-4-8/h1-10H;5,8H,3-4H2,1-2H3,(H,7,9). The summed E-state index contributed by atoms with van der Waals surface area (Å²) >= 11 is 0. The van der Waals surface area contributed by atoms with Gasteiger partial charge in [0.2, 0.25) is 5.91 Å². The lowest BCUT2D eigenvalue weighted by Gasteiger charge is -2.04. The van der Waals surface area contributed by atoms with E-state index in [4.69, 9.17) is 5.11 Å². The molecule has 0 heterocycles. The molecule has 0 spiro atoms. The maximum Gasteiger partial charge on any atom is 0.386 e. The Morgan fingerprint density at radius 1 is 0.852 bits per heavy atom. The number of carbonyl (C=O) groups excluding carboxylic acids is 3. The minimum atomic E-state index is -0.708. The molecule has 2 rings (SSSR count). The number of benzene rings is 2. The van der Waals surface area contributed by atoms with Crippen molar-refractivity contribution in [3.8, 4) is 0 Å². The van der Waals surface area contributed by atoms with Crippen molar-refractivity contribution >= 4 is 17.8 Å².